The Bertz CT molecular complexity index is 651. The molecule has 1 atom stereocenters. The van der Waals surface area contributed by atoms with E-state index in [2.05, 4.69) is 54.8 Å². The lowest BCUT2D eigenvalue weighted by Crippen LogP contribution is -2.31. The van der Waals surface area contributed by atoms with Crippen LogP contribution in [0.1, 0.15) is 29.5 Å². The second kappa shape index (κ2) is 10.0. The van der Waals surface area contributed by atoms with Gasteiger partial charge in [0, 0.05) is 19.6 Å². The summed E-state index contributed by atoms with van der Waals surface area (Å²) in [5.41, 5.74) is 3.74. The number of benzene rings is 2. The largest absolute Gasteiger partial charge is 0.497 e. The number of hydrogen-bond donors (Lipinski definition) is 1. The molecule has 3 heteroatoms. The number of hydrogen-bond acceptors (Lipinski definition) is 3. The van der Waals surface area contributed by atoms with Crippen LogP contribution in [-0.2, 0) is 13.1 Å². The first-order valence-corrected chi connectivity index (χ1v) is 8.80. The Balaban J connectivity index is 2.07. The lowest BCUT2D eigenvalue weighted by molar-refractivity contribution is 0.0984. The molecule has 0 unspecified atom stereocenters. The predicted molar refractivity (Wildman–Crippen MR) is 104 cm³/mol. The van der Waals surface area contributed by atoms with Crippen LogP contribution in [0, 0.1) is 6.92 Å². The highest BCUT2D eigenvalue weighted by Crippen LogP contribution is 2.16. The van der Waals surface area contributed by atoms with Gasteiger partial charge in [0.2, 0.25) is 0 Å². The molecule has 0 aliphatic heterocycles. The molecule has 25 heavy (non-hydrogen) atoms. The Hall–Kier alpha value is -2.10. The van der Waals surface area contributed by atoms with Crippen LogP contribution in [0.2, 0.25) is 0 Å². The van der Waals surface area contributed by atoms with E-state index < -0.39 is 0 Å². The topological polar surface area (TPSA) is 32.7 Å². The van der Waals surface area contributed by atoms with E-state index in [1.807, 2.05) is 18.2 Å². The van der Waals surface area contributed by atoms with Gasteiger partial charge in [0.25, 0.3) is 0 Å². The van der Waals surface area contributed by atoms with Crippen molar-refractivity contribution in [2.75, 3.05) is 13.7 Å². The SMILES string of the molecule is C=CCC[C@H](O)CN(Cc1ccc(OC)cc1)Cc1cccc(C)c1. The Morgan fingerprint density at radius 2 is 1.84 bits per heavy atom. The van der Waals surface area contributed by atoms with Gasteiger partial charge in [-0.3, -0.25) is 4.90 Å². The van der Waals surface area contributed by atoms with E-state index in [0.717, 1.165) is 31.7 Å². The fourth-order valence-electron chi connectivity index (χ4n) is 2.94. The van der Waals surface area contributed by atoms with Gasteiger partial charge in [0.15, 0.2) is 0 Å². The molecule has 0 spiro atoms. The van der Waals surface area contributed by atoms with Crippen LogP contribution in [0.15, 0.2) is 61.2 Å². The molecule has 2 aromatic rings. The van der Waals surface area contributed by atoms with Gasteiger partial charge in [0.05, 0.1) is 13.2 Å². The number of aliphatic hydroxyl groups is 1. The van der Waals surface area contributed by atoms with Crippen LogP contribution >= 0.6 is 0 Å². The molecule has 2 aromatic carbocycles. The summed E-state index contributed by atoms with van der Waals surface area (Å²) in [4.78, 5) is 2.30. The van der Waals surface area contributed by atoms with Gasteiger partial charge in [-0.25, -0.2) is 0 Å². The molecule has 1 N–H and O–H groups in total. The summed E-state index contributed by atoms with van der Waals surface area (Å²) < 4.78 is 5.23. The number of aliphatic hydroxyl groups excluding tert-OH is 1. The van der Waals surface area contributed by atoms with E-state index >= 15 is 0 Å². The van der Waals surface area contributed by atoms with Crippen molar-refractivity contribution in [3.63, 3.8) is 0 Å². The summed E-state index contributed by atoms with van der Waals surface area (Å²) in [6.45, 7) is 8.10. The monoisotopic (exact) mass is 339 g/mol. The van der Waals surface area contributed by atoms with Gasteiger partial charge in [-0.15, -0.1) is 6.58 Å². The van der Waals surface area contributed by atoms with E-state index in [0.29, 0.717) is 6.54 Å². The molecule has 0 saturated carbocycles. The highest BCUT2D eigenvalue weighted by molar-refractivity contribution is 5.27. The standard InChI is InChI=1S/C22H29NO2/c1-4-5-9-21(24)17-23(16-20-8-6-7-18(2)14-20)15-19-10-12-22(25-3)13-11-19/h4,6-8,10-14,21,24H,1,5,9,15-17H2,2-3H3/t21-/m0/s1. The molecule has 0 radical (unpaired) electrons. The summed E-state index contributed by atoms with van der Waals surface area (Å²) in [7, 11) is 1.68. The van der Waals surface area contributed by atoms with Gasteiger partial charge in [-0.1, -0.05) is 48.0 Å². The zero-order valence-electron chi connectivity index (χ0n) is 15.3. The molecule has 2 rings (SSSR count). The maximum atomic E-state index is 10.3. The number of ether oxygens (including phenoxy) is 1. The smallest absolute Gasteiger partial charge is 0.118 e. The van der Waals surface area contributed by atoms with Crippen LogP contribution in [0.3, 0.4) is 0 Å². The number of aryl methyl sites for hydroxylation is 1. The second-order valence-electron chi connectivity index (χ2n) is 6.53. The van der Waals surface area contributed by atoms with E-state index in [1.54, 1.807) is 7.11 Å². The van der Waals surface area contributed by atoms with Crippen molar-refractivity contribution in [3.8, 4) is 5.75 Å². The van der Waals surface area contributed by atoms with Gasteiger partial charge < -0.3 is 9.84 Å². The van der Waals surface area contributed by atoms with Crippen molar-refractivity contribution < 1.29 is 9.84 Å². The minimum atomic E-state index is -0.346. The summed E-state index contributed by atoms with van der Waals surface area (Å²) in [6, 6.07) is 16.7. The van der Waals surface area contributed by atoms with Gasteiger partial charge in [-0.05, 0) is 43.0 Å². The molecule has 0 amide bonds. The van der Waals surface area contributed by atoms with E-state index in [1.165, 1.54) is 16.7 Å². The molecular weight excluding hydrogens is 310 g/mol. The Morgan fingerprint density at radius 3 is 2.48 bits per heavy atom. The molecule has 0 saturated heterocycles. The van der Waals surface area contributed by atoms with Crippen molar-refractivity contribution in [2.24, 2.45) is 0 Å². The number of methoxy groups -OCH3 is 1. The van der Waals surface area contributed by atoms with E-state index in [4.69, 9.17) is 4.74 Å². The maximum Gasteiger partial charge on any atom is 0.118 e. The Labute approximate surface area is 151 Å². The fourth-order valence-corrected chi connectivity index (χ4v) is 2.94. The van der Waals surface area contributed by atoms with Crippen LogP contribution < -0.4 is 4.74 Å². The highest BCUT2D eigenvalue weighted by Gasteiger charge is 2.13. The molecular formula is C22H29NO2. The quantitative estimate of drug-likeness (QED) is 0.654. The van der Waals surface area contributed by atoms with Crippen LogP contribution in [0.25, 0.3) is 0 Å². The van der Waals surface area contributed by atoms with Crippen molar-refractivity contribution in [3.05, 3.63) is 77.9 Å². The Kier molecular flexibility index (Phi) is 7.71. The molecule has 0 bridgehead atoms. The molecule has 0 aliphatic rings. The van der Waals surface area contributed by atoms with E-state index in [9.17, 15) is 5.11 Å². The van der Waals surface area contributed by atoms with Crippen molar-refractivity contribution in [1.82, 2.24) is 4.90 Å². The molecule has 3 nitrogen and oxygen atoms in total. The maximum absolute atomic E-state index is 10.3. The molecule has 0 fully saturated rings. The predicted octanol–water partition coefficient (Wildman–Crippen LogP) is 4.33. The first-order chi connectivity index (χ1) is 12.1. The third kappa shape index (κ3) is 6.73. The molecule has 134 valence electrons. The average molecular weight is 339 g/mol. The zero-order valence-corrected chi connectivity index (χ0v) is 15.3. The number of rotatable bonds is 10. The van der Waals surface area contributed by atoms with Gasteiger partial charge in [-0.2, -0.15) is 0 Å². The zero-order chi connectivity index (χ0) is 18.1. The van der Waals surface area contributed by atoms with Crippen molar-refractivity contribution >= 4 is 0 Å². The van der Waals surface area contributed by atoms with Crippen LogP contribution in [0.4, 0.5) is 0 Å². The number of allylic oxidation sites excluding steroid dienone is 1. The lowest BCUT2D eigenvalue weighted by Gasteiger charge is -2.25. The lowest BCUT2D eigenvalue weighted by atomic mass is 10.1. The van der Waals surface area contributed by atoms with Crippen molar-refractivity contribution in [1.29, 1.82) is 0 Å². The second-order valence-corrected chi connectivity index (χ2v) is 6.53. The Morgan fingerprint density at radius 1 is 1.12 bits per heavy atom. The normalized spacial score (nSPS) is 12.2. The first-order valence-electron chi connectivity index (χ1n) is 8.80. The third-order valence-electron chi connectivity index (χ3n) is 4.23. The minimum Gasteiger partial charge on any atom is -0.497 e. The van der Waals surface area contributed by atoms with Crippen LogP contribution in [0.5, 0.6) is 5.75 Å². The molecule has 0 heterocycles. The highest BCUT2D eigenvalue weighted by atomic mass is 16.5. The minimum absolute atomic E-state index is 0.346. The fraction of sp³-hybridized carbons (Fsp3) is 0.364. The first kappa shape index (κ1) is 19.2. The van der Waals surface area contributed by atoms with Crippen molar-refractivity contribution in [2.45, 2.75) is 39.0 Å². The summed E-state index contributed by atoms with van der Waals surface area (Å²) in [5, 5.41) is 10.3. The number of nitrogens with zero attached hydrogens (tertiary/aromatic N) is 1. The third-order valence-corrected chi connectivity index (χ3v) is 4.23. The summed E-state index contributed by atoms with van der Waals surface area (Å²) in [5.74, 6) is 0.861. The van der Waals surface area contributed by atoms with Crippen LogP contribution in [-0.4, -0.2) is 29.8 Å². The van der Waals surface area contributed by atoms with E-state index in [-0.39, 0.29) is 6.10 Å². The van der Waals surface area contributed by atoms with Gasteiger partial charge >= 0.3 is 0 Å². The molecule has 0 aromatic heterocycles. The summed E-state index contributed by atoms with van der Waals surface area (Å²) in [6.07, 6.45) is 3.09. The molecule has 0 aliphatic carbocycles. The average Bonchev–Trinajstić information content (AvgIpc) is 2.60. The van der Waals surface area contributed by atoms with Gasteiger partial charge in [0.1, 0.15) is 5.75 Å². The summed E-state index contributed by atoms with van der Waals surface area (Å²) >= 11 is 0.